The van der Waals surface area contributed by atoms with Crippen LogP contribution in [0.3, 0.4) is 0 Å². The number of aliphatic imine (C=N–C) groups is 1. The molecule has 1 spiro atoms. The molecule has 1 aromatic carbocycles. The number of ether oxygens (including phenoxy) is 3. The van der Waals surface area contributed by atoms with Gasteiger partial charge in [0.2, 0.25) is 0 Å². The van der Waals surface area contributed by atoms with Crippen LogP contribution in [-0.2, 0) is 16.0 Å². The number of nitrogens with one attached hydrogen (secondary N) is 2. The molecule has 1 aliphatic heterocycles. The first-order valence-electron chi connectivity index (χ1n) is 10.5. The molecule has 3 unspecified atom stereocenters. The summed E-state index contributed by atoms with van der Waals surface area (Å²) in [7, 11) is 3.53. The van der Waals surface area contributed by atoms with E-state index in [0.29, 0.717) is 43.2 Å². The zero-order valence-electron chi connectivity index (χ0n) is 17.7. The number of fused-ring (bicyclic) bond motifs is 2. The van der Waals surface area contributed by atoms with Gasteiger partial charge in [0, 0.05) is 50.2 Å². The summed E-state index contributed by atoms with van der Waals surface area (Å²) in [5.74, 6) is 2.40. The van der Waals surface area contributed by atoms with Crippen LogP contribution < -0.4 is 15.4 Å². The Morgan fingerprint density at radius 2 is 2.14 bits per heavy atom. The minimum absolute atomic E-state index is 0. The fourth-order valence-corrected chi connectivity index (χ4v) is 5.15. The quantitative estimate of drug-likeness (QED) is 0.253. The summed E-state index contributed by atoms with van der Waals surface area (Å²) in [6, 6.07) is 6.80. The molecule has 29 heavy (non-hydrogen) atoms. The first kappa shape index (κ1) is 22.6. The molecule has 1 aromatic rings. The third-order valence-corrected chi connectivity index (χ3v) is 6.77. The van der Waals surface area contributed by atoms with Gasteiger partial charge in [0.05, 0.1) is 12.7 Å². The fourth-order valence-electron chi connectivity index (χ4n) is 5.15. The average molecular weight is 515 g/mol. The molecular formula is C22H34IN3O3. The van der Waals surface area contributed by atoms with E-state index in [9.17, 15) is 0 Å². The predicted molar refractivity (Wildman–Crippen MR) is 125 cm³/mol. The van der Waals surface area contributed by atoms with E-state index in [-0.39, 0.29) is 24.0 Å². The van der Waals surface area contributed by atoms with E-state index in [4.69, 9.17) is 14.2 Å². The summed E-state index contributed by atoms with van der Waals surface area (Å²) in [4.78, 5) is 4.48. The van der Waals surface area contributed by atoms with Crippen LogP contribution in [-0.4, -0.2) is 52.1 Å². The molecule has 0 amide bonds. The van der Waals surface area contributed by atoms with Gasteiger partial charge in [-0.05, 0) is 37.8 Å². The topological polar surface area (TPSA) is 64.1 Å². The van der Waals surface area contributed by atoms with E-state index in [1.165, 1.54) is 24.8 Å². The van der Waals surface area contributed by atoms with E-state index in [2.05, 4.69) is 40.7 Å². The van der Waals surface area contributed by atoms with Crippen LogP contribution in [0.5, 0.6) is 5.75 Å². The molecule has 3 atom stereocenters. The summed E-state index contributed by atoms with van der Waals surface area (Å²) < 4.78 is 17.0. The van der Waals surface area contributed by atoms with Crippen molar-refractivity contribution in [3.05, 3.63) is 29.3 Å². The Bertz CT molecular complexity index is 723. The molecule has 3 fully saturated rings. The molecule has 0 bridgehead atoms. The molecular weight excluding hydrogens is 481 g/mol. The number of hydrogen-bond acceptors (Lipinski definition) is 4. The highest BCUT2D eigenvalue weighted by molar-refractivity contribution is 14.0. The first-order chi connectivity index (χ1) is 13.7. The lowest BCUT2D eigenvalue weighted by Crippen LogP contribution is -2.72. The highest BCUT2D eigenvalue weighted by Crippen LogP contribution is 2.62. The third-order valence-electron chi connectivity index (χ3n) is 6.77. The van der Waals surface area contributed by atoms with Crippen molar-refractivity contribution >= 4 is 29.9 Å². The molecule has 6 nitrogen and oxygen atoms in total. The number of methoxy groups -OCH3 is 1. The zero-order valence-corrected chi connectivity index (χ0v) is 20.0. The molecule has 1 saturated heterocycles. The average Bonchev–Trinajstić information content (AvgIpc) is 3.07. The predicted octanol–water partition coefficient (Wildman–Crippen LogP) is 3.26. The third kappa shape index (κ3) is 4.37. The monoisotopic (exact) mass is 515 g/mol. The summed E-state index contributed by atoms with van der Waals surface area (Å²) in [6.07, 6.45) is 5.50. The van der Waals surface area contributed by atoms with Crippen molar-refractivity contribution in [3.63, 3.8) is 0 Å². The van der Waals surface area contributed by atoms with Gasteiger partial charge in [-0.15, -0.1) is 24.0 Å². The van der Waals surface area contributed by atoms with E-state index >= 15 is 0 Å². The Hall–Kier alpha value is -1.06. The fraction of sp³-hybridized carbons (Fsp3) is 0.682. The lowest BCUT2D eigenvalue weighted by molar-refractivity contribution is -0.171. The number of rotatable bonds is 7. The molecule has 7 heteroatoms. The van der Waals surface area contributed by atoms with Crippen molar-refractivity contribution in [2.24, 2.45) is 16.3 Å². The standard InChI is InChI=1S/C22H33N3O3.HI/c1-15-5-6-16(18(13-15)27-12-11-26-3)14-24-21(23-2)25-19-17-7-10-28-20(17)22(19)8-4-9-22;/h5-6,13,17,19-20H,4,7-12,14H2,1-3H3,(H2,23,24,25);1H. The maximum Gasteiger partial charge on any atom is 0.191 e. The van der Waals surface area contributed by atoms with Crippen molar-refractivity contribution in [2.75, 3.05) is 34.0 Å². The highest BCUT2D eigenvalue weighted by atomic mass is 127. The van der Waals surface area contributed by atoms with Gasteiger partial charge in [-0.3, -0.25) is 4.99 Å². The number of nitrogens with zero attached hydrogens (tertiary/aromatic N) is 1. The molecule has 4 rings (SSSR count). The minimum atomic E-state index is 0. The van der Waals surface area contributed by atoms with Crippen molar-refractivity contribution in [2.45, 2.75) is 51.3 Å². The van der Waals surface area contributed by atoms with Gasteiger partial charge in [0.1, 0.15) is 12.4 Å². The van der Waals surface area contributed by atoms with Crippen molar-refractivity contribution in [3.8, 4) is 5.75 Å². The van der Waals surface area contributed by atoms with E-state index < -0.39 is 0 Å². The van der Waals surface area contributed by atoms with E-state index in [1.54, 1.807) is 7.11 Å². The van der Waals surface area contributed by atoms with Crippen LogP contribution in [0.25, 0.3) is 0 Å². The molecule has 0 aromatic heterocycles. The summed E-state index contributed by atoms with van der Waals surface area (Å²) in [5, 5.41) is 7.21. The summed E-state index contributed by atoms with van der Waals surface area (Å²) in [6.45, 7) is 4.79. The lowest BCUT2D eigenvalue weighted by Gasteiger charge is -2.63. The molecule has 2 saturated carbocycles. The normalized spacial score (nSPS) is 26.7. The van der Waals surface area contributed by atoms with Gasteiger partial charge in [-0.1, -0.05) is 18.6 Å². The molecule has 3 aliphatic rings. The summed E-state index contributed by atoms with van der Waals surface area (Å²) >= 11 is 0. The van der Waals surface area contributed by atoms with E-state index in [0.717, 1.165) is 30.3 Å². The van der Waals surface area contributed by atoms with Crippen LogP contribution in [0.15, 0.2) is 23.2 Å². The second-order valence-electron chi connectivity index (χ2n) is 8.33. The van der Waals surface area contributed by atoms with Crippen LogP contribution in [0, 0.1) is 18.3 Å². The Kier molecular flexibility index (Phi) is 7.67. The molecule has 0 radical (unpaired) electrons. The van der Waals surface area contributed by atoms with E-state index in [1.807, 2.05) is 7.05 Å². The Morgan fingerprint density at radius 3 is 2.83 bits per heavy atom. The van der Waals surface area contributed by atoms with Gasteiger partial charge < -0.3 is 24.8 Å². The number of halogens is 1. The molecule has 2 N–H and O–H groups in total. The molecule has 1 heterocycles. The van der Waals surface area contributed by atoms with Crippen LogP contribution in [0.1, 0.15) is 36.8 Å². The maximum absolute atomic E-state index is 6.03. The highest BCUT2D eigenvalue weighted by Gasteiger charge is 2.66. The Balaban J connectivity index is 0.00000240. The van der Waals surface area contributed by atoms with Gasteiger partial charge >= 0.3 is 0 Å². The Morgan fingerprint density at radius 1 is 1.31 bits per heavy atom. The van der Waals surface area contributed by atoms with Crippen molar-refractivity contribution in [1.29, 1.82) is 0 Å². The van der Waals surface area contributed by atoms with Crippen LogP contribution in [0.4, 0.5) is 0 Å². The second-order valence-corrected chi connectivity index (χ2v) is 8.33. The number of guanidine groups is 1. The van der Waals surface area contributed by atoms with Gasteiger partial charge in [0.25, 0.3) is 0 Å². The minimum Gasteiger partial charge on any atom is -0.491 e. The maximum atomic E-state index is 6.03. The van der Waals surface area contributed by atoms with Crippen LogP contribution >= 0.6 is 24.0 Å². The molecule has 2 aliphatic carbocycles. The van der Waals surface area contributed by atoms with Crippen molar-refractivity contribution in [1.82, 2.24) is 10.6 Å². The number of hydrogen-bond donors (Lipinski definition) is 2. The van der Waals surface area contributed by atoms with Gasteiger partial charge in [-0.2, -0.15) is 0 Å². The van der Waals surface area contributed by atoms with Gasteiger partial charge in [-0.25, -0.2) is 0 Å². The Labute approximate surface area is 191 Å². The largest absolute Gasteiger partial charge is 0.491 e. The van der Waals surface area contributed by atoms with Crippen molar-refractivity contribution < 1.29 is 14.2 Å². The second kappa shape index (κ2) is 9.83. The smallest absolute Gasteiger partial charge is 0.191 e. The van der Waals surface area contributed by atoms with Gasteiger partial charge in [0.15, 0.2) is 5.96 Å². The summed E-state index contributed by atoms with van der Waals surface area (Å²) in [5.41, 5.74) is 2.66. The first-order valence-corrected chi connectivity index (χ1v) is 10.5. The SMILES string of the molecule is CN=C(NCc1ccc(C)cc1OCCOC)NC1C2CCOC2C12CCC2.I. The zero-order chi connectivity index (χ0) is 19.6. The molecule has 162 valence electrons. The van der Waals surface area contributed by atoms with Crippen LogP contribution in [0.2, 0.25) is 0 Å². The number of benzene rings is 1. The lowest BCUT2D eigenvalue weighted by atomic mass is 9.46. The number of aryl methyl sites for hydroxylation is 1.